The predicted octanol–water partition coefficient (Wildman–Crippen LogP) is 2.69. The maximum atomic E-state index is 12.7. The van der Waals surface area contributed by atoms with E-state index < -0.39 is 10.0 Å². The fraction of sp³-hybridized carbons (Fsp3) is 0.143. The van der Waals surface area contributed by atoms with Crippen LogP contribution in [0, 0.1) is 0 Å². The van der Waals surface area contributed by atoms with Gasteiger partial charge in [-0.25, -0.2) is 18.5 Å². The SMILES string of the molecule is COc1cccc(-c2cn3c(C(=O)NCCc4ccc(S(N)(=O)=O)cc4)csc3n2)c1. The minimum atomic E-state index is -3.71. The van der Waals surface area contributed by atoms with Crippen molar-refractivity contribution in [2.75, 3.05) is 13.7 Å². The number of nitrogens with two attached hydrogens (primary N) is 1. The molecule has 4 aromatic rings. The van der Waals surface area contributed by atoms with Crippen LogP contribution < -0.4 is 15.2 Å². The molecular formula is C21H20N4O4S2. The Morgan fingerprint density at radius 2 is 2.00 bits per heavy atom. The molecule has 0 aliphatic heterocycles. The number of aromatic nitrogens is 2. The van der Waals surface area contributed by atoms with E-state index in [1.807, 2.05) is 30.5 Å². The third-order valence-electron chi connectivity index (χ3n) is 4.76. The smallest absolute Gasteiger partial charge is 0.269 e. The van der Waals surface area contributed by atoms with Gasteiger partial charge in [-0.15, -0.1) is 11.3 Å². The average Bonchev–Trinajstić information content (AvgIpc) is 3.34. The van der Waals surface area contributed by atoms with Crippen LogP contribution in [-0.2, 0) is 16.4 Å². The number of carbonyl (C=O) groups is 1. The zero-order chi connectivity index (χ0) is 22.0. The number of benzene rings is 2. The topological polar surface area (TPSA) is 116 Å². The molecule has 0 unspecified atom stereocenters. The molecule has 4 rings (SSSR count). The van der Waals surface area contributed by atoms with E-state index in [0.717, 1.165) is 27.5 Å². The standard InChI is InChI=1S/C21H20N4O4S2/c1-29-16-4-2-3-15(11-16)18-12-25-19(13-30-21(25)24-18)20(26)23-10-9-14-5-7-17(8-6-14)31(22,27)28/h2-8,11-13H,9-10H2,1H3,(H,23,26)(H2,22,27,28). The number of thiazole rings is 1. The summed E-state index contributed by atoms with van der Waals surface area (Å²) in [6, 6.07) is 13.9. The van der Waals surface area contributed by atoms with Crippen LogP contribution in [0.4, 0.5) is 0 Å². The maximum absolute atomic E-state index is 12.7. The van der Waals surface area contributed by atoms with Gasteiger partial charge >= 0.3 is 0 Å². The van der Waals surface area contributed by atoms with Gasteiger partial charge in [-0.05, 0) is 36.2 Å². The summed E-state index contributed by atoms with van der Waals surface area (Å²) in [5.41, 5.74) is 3.07. The van der Waals surface area contributed by atoms with Crippen molar-refractivity contribution >= 4 is 32.2 Å². The minimum Gasteiger partial charge on any atom is -0.497 e. The molecular weight excluding hydrogens is 436 g/mol. The summed E-state index contributed by atoms with van der Waals surface area (Å²) >= 11 is 1.39. The zero-order valence-corrected chi connectivity index (χ0v) is 18.2. The van der Waals surface area contributed by atoms with Crippen LogP contribution in [0.3, 0.4) is 0 Å². The van der Waals surface area contributed by atoms with E-state index in [-0.39, 0.29) is 10.8 Å². The lowest BCUT2D eigenvalue weighted by molar-refractivity contribution is 0.0948. The minimum absolute atomic E-state index is 0.0629. The Balaban J connectivity index is 1.44. The second-order valence-corrected chi connectivity index (χ2v) is 9.22. The Labute approximate surface area is 183 Å². The van der Waals surface area contributed by atoms with Crippen LogP contribution in [-0.4, -0.2) is 37.4 Å². The molecule has 0 bridgehead atoms. The van der Waals surface area contributed by atoms with Gasteiger partial charge in [0.2, 0.25) is 10.0 Å². The predicted molar refractivity (Wildman–Crippen MR) is 119 cm³/mol. The van der Waals surface area contributed by atoms with Gasteiger partial charge in [0.25, 0.3) is 5.91 Å². The molecule has 2 heterocycles. The van der Waals surface area contributed by atoms with E-state index in [4.69, 9.17) is 9.88 Å². The molecule has 0 atom stereocenters. The molecule has 0 saturated heterocycles. The lowest BCUT2D eigenvalue weighted by Crippen LogP contribution is -2.26. The lowest BCUT2D eigenvalue weighted by Gasteiger charge is -2.06. The molecule has 2 aromatic carbocycles. The number of nitrogens with zero attached hydrogens (tertiary/aromatic N) is 2. The largest absolute Gasteiger partial charge is 0.497 e. The van der Waals surface area contributed by atoms with E-state index in [1.165, 1.54) is 23.5 Å². The Kier molecular flexibility index (Phi) is 5.77. The van der Waals surface area contributed by atoms with Crippen LogP contribution in [0.5, 0.6) is 5.75 Å². The van der Waals surface area contributed by atoms with Crippen molar-refractivity contribution < 1.29 is 17.9 Å². The number of amides is 1. The molecule has 0 saturated carbocycles. The van der Waals surface area contributed by atoms with Gasteiger partial charge in [0.05, 0.1) is 17.7 Å². The number of primary sulfonamides is 1. The third kappa shape index (κ3) is 4.61. The van der Waals surface area contributed by atoms with Crippen LogP contribution >= 0.6 is 11.3 Å². The molecule has 8 nitrogen and oxygen atoms in total. The quantitative estimate of drug-likeness (QED) is 0.444. The summed E-state index contributed by atoms with van der Waals surface area (Å²) < 4.78 is 29.7. The summed E-state index contributed by atoms with van der Waals surface area (Å²) in [6.07, 6.45) is 2.39. The van der Waals surface area contributed by atoms with Crippen LogP contribution in [0.25, 0.3) is 16.2 Å². The Hall–Kier alpha value is -3.21. The summed E-state index contributed by atoms with van der Waals surface area (Å²) in [7, 11) is -2.10. The number of hydrogen-bond acceptors (Lipinski definition) is 6. The van der Waals surface area contributed by atoms with Crippen molar-refractivity contribution in [3.05, 3.63) is 71.4 Å². The van der Waals surface area contributed by atoms with E-state index in [1.54, 1.807) is 29.0 Å². The third-order valence-corrected chi connectivity index (χ3v) is 6.53. The number of nitrogens with one attached hydrogen (secondary N) is 1. The molecule has 0 radical (unpaired) electrons. The van der Waals surface area contributed by atoms with Crippen LogP contribution in [0.1, 0.15) is 16.1 Å². The number of rotatable bonds is 7. The Morgan fingerprint density at radius 1 is 1.23 bits per heavy atom. The van der Waals surface area contributed by atoms with Gasteiger partial charge in [0.1, 0.15) is 11.4 Å². The van der Waals surface area contributed by atoms with E-state index in [2.05, 4.69) is 10.3 Å². The highest BCUT2D eigenvalue weighted by Gasteiger charge is 2.15. The van der Waals surface area contributed by atoms with Crippen molar-refractivity contribution in [1.29, 1.82) is 0 Å². The van der Waals surface area contributed by atoms with Crippen molar-refractivity contribution in [2.45, 2.75) is 11.3 Å². The number of carbonyl (C=O) groups excluding carboxylic acids is 1. The first-order valence-corrected chi connectivity index (χ1v) is 11.8. The van der Waals surface area contributed by atoms with E-state index >= 15 is 0 Å². The fourth-order valence-electron chi connectivity index (χ4n) is 3.13. The number of hydrogen-bond donors (Lipinski definition) is 2. The fourth-order valence-corrected chi connectivity index (χ4v) is 4.49. The van der Waals surface area contributed by atoms with Gasteiger partial charge in [0.15, 0.2) is 4.96 Å². The van der Waals surface area contributed by atoms with Crippen molar-refractivity contribution in [3.63, 3.8) is 0 Å². The first-order chi connectivity index (χ1) is 14.8. The molecule has 0 aliphatic carbocycles. The molecule has 0 spiro atoms. The first-order valence-electron chi connectivity index (χ1n) is 9.36. The highest BCUT2D eigenvalue weighted by molar-refractivity contribution is 7.89. The van der Waals surface area contributed by atoms with E-state index in [9.17, 15) is 13.2 Å². The molecule has 31 heavy (non-hydrogen) atoms. The number of fused-ring (bicyclic) bond motifs is 1. The normalized spacial score (nSPS) is 11.5. The monoisotopic (exact) mass is 456 g/mol. The van der Waals surface area contributed by atoms with Crippen LogP contribution in [0.2, 0.25) is 0 Å². The van der Waals surface area contributed by atoms with E-state index in [0.29, 0.717) is 18.7 Å². The summed E-state index contributed by atoms with van der Waals surface area (Å²) in [4.78, 5) is 18.1. The van der Waals surface area contributed by atoms with Crippen molar-refractivity contribution in [1.82, 2.24) is 14.7 Å². The zero-order valence-electron chi connectivity index (χ0n) is 16.6. The Morgan fingerprint density at radius 3 is 2.71 bits per heavy atom. The van der Waals surface area contributed by atoms with Gasteiger partial charge in [-0.2, -0.15) is 0 Å². The van der Waals surface area contributed by atoms with Gasteiger partial charge in [0, 0.05) is 23.7 Å². The lowest BCUT2D eigenvalue weighted by atomic mass is 10.1. The van der Waals surface area contributed by atoms with Crippen molar-refractivity contribution in [2.24, 2.45) is 5.14 Å². The molecule has 160 valence electrons. The number of methoxy groups -OCH3 is 1. The summed E-state index contributed by atoms with van der Waals surface area (Å²) in [6.45, 7) is 0.405. The second kappa shape index (κ2) is 8.50. The molecule has 0 aliphatic rings. The maximum Gasteiger partial charge on any atom is 0.269 e. The molecule has 0 fully saturated rings. The molecule has 10 heteroatoms. The Bertz CT molecular complexity index is 1340. The molecule has 1 amide bonds. The molecule has 2 aromatic heterocycles. The van der Waals surface area contributed by atoms with Gasteiger partial charge in [-0.1, -0.05) is 24.3 Å². The number of sulfonamides is 1. The summed E-state index contributed by atoms with van der Waals surface area (Å²) in [5, 5.41) is 9.77. The van der Waals surface area contributed by atoms with Gasteiger partial charge in [-0.3, -0.25) is 9.20 Å². The summed E-state index contributed by atoms with van der Waals surface area (Å²) in [5.74, 6) is 0.533. The van der Waals surface area contributed by atoms with Crippen LogP contribution in [0.15, 0.2) is 65.0 Å². The second-order valence-electron chi connectivity index (χ2n) is 6.83. The van der Waals surface area contributed by atoms with Gasteiger partial charge < -0.3 is 10.1 Å². The highest BCUT2D eigenvalue weighted by atomic mass is 32.2. The number of ether oxygens (including phenoxy) is 1. The molecule has 3 N–H and O–H groups in total. The first kappa shape index (κ1) is 21.0. The van der Waals surface area contributed by atoms with Crippen molar-refractivity contribution in [3.8, 4) is 17.0 Å². The average molecular weight is 457 g/mol. The highest BCUT2D eigenvalue weighted by Crippen LogP contribution is 2.26. The number of imidazole rings is 1.